The van der Waals surface area contributed by atoms with Crippen LogP contribution in [0.1, 0.15) is 11.1 Å². The summed E-state index contributed by atoms with van der Waals surface area (Å²) in [6.45, 7) is 0.240. The normalized spacial score (nSPS) is 14.7. The Morgan fingerprint density at radius 2 is 1.69 bits per heavy atom. The molecule has 176 valence electrons. The first kappa shape index (κ1) is 24.3. The largest absolute Gasteiger partial charge is 0.488 e. The molecule has 3 aromatic carbocycles. The van der Waals surface area contributed by atoms with Gasteiger partial charge < -0.3 is 4.74 Å². The van der Waals surface area contributed by atoms with Crippen LogP contribution in [0.4, 0.5) is 16.2 Å². The van der Waals surface area contributed by atoms with Crippen LogP contribution in [-0.4, -0.2) is 22.8 Å². The number of imide groups is 2. The van der Waals surface area contributed by atoms with E-state index in [0.717, 1.165) is 16.1 Å². The van der Waals surface area contributed by atoms with Crippen LogP contribution in [0.15, 0.2) is 81.2 Å². The lowest BCUT2D eigenvalue weighted by atomic mass is 10.1. The maximum absolute atomic E-state index is 13.2. The van der Waals surface area contributed by atoms with E-state index in [1.807, 2.05) is 24.3 Å². The number of amides is 4. The second kappa shape index (κ2) is 10.2. The van der Waals surface area contributed by atoms with Gasteiger partial charge in [-0.25, -0.2) is 9.69 Å². The van der Waals surface area contributed by atoms with E-state index < -0.39 is 22.8 Å². The second-order valence-corrected chi connectivity index (χ2v) is 9.16. The van der Waals surface area contributed by atoms with Crippen LogP contribution < -0.4 is 15.0 Å². The van der Waals surface area contributed by atoms with Gasteiger partial charge in [0.05, 0.1) is 10.6 Å². The van der Waals surface area contributed by atoms with Gasteiger partial charge in [0.25, 0.3) is 17.5 Å². The van der Waals surface area contributed by atoms with Gasteiger partial charge in [0, 0.05) is 26.6 Å². The van der Waals surface area contributed by atoms with Crippen molar-refractivity contribution in [2.45, 2.75) is 6.61 Å². The number of non-ortho nitro benzene ring substituents is 1. The van der Waals surface area contributed by atoms with Gasteiger partial charge in [-0.3, -0.25) is 25.0 Å². The van der Waals surface area contributed by atoms with E-state index in [2.05, 4.69) is 37.2 Å². The van der Waals surface area contributed by atoms with Crippen molar-refractivity contribution < 1.29 is 24.0 Å². The maximum atomic E-state index is 13.2. The summed E-state index contributed by atoms with van der Waals surface area (Å²) in [6, 6.07) is 16.7. The molecule has 0 bridgehead atoms. The molecule has 0 atom stereocenters. The summed E-state index contributed by atoms with van der Waals surface area (Å²) in [5, 5.41) is 13.2. The molecule has 4 rings (SSSR count). The summed E-state index contributed by atoms with van der Waals surface area (Å²) in [7, 11) is 0. The molecule has 11 heteroatoms. The van der Waals surface area contributed by atoms with E-state index in [0.29, 0.717) is 20.7 Å². The molecule has 1 heterocycles. The van der Waals surface area contributed by atoms with Crippen molar-refractivity contribution in [3.8, 4) is 5.75 Å². The van der Waals surface area contributed by atoms with Crippen LogP contribution in [0.25, 0.3) is 6.08 Å². The summed E-state index contributed by atoms with van der Waals surface area (Å²) in [4.78, 5) is 49.4. The zero-order valence-electron chi connectivity index (χ0n) is 17.7. The van der Waals surface area contributed by atoms with Crippen LogP contribution >= 0.6 is 31.9 Å². The Bertz CT molecular complexity index is 1390. The lowest BCUT2D eigenvalue weighted by Crippen LogP contribution is -2.54. The van der Waals surface area contributed by atoms with Crippen molar-refractivity contribution in [1.82, 2.24) is 5.32 Å². The molecule has 0 aromatic heterocycles. The first-order valence-electron chi connectivity index (χ1n) is 10.1. The van der Waals surface area contributed by atoms with Gasteiger partial charge in [-0.05, 0) is 48.0 Å². The van der Waals surface area contributed by atoms with Crippen molar-refractivity contribution in [3.05, 3.63) is 102 Å². The summed E-state index contributed by atoms with van der Waals surface area (Å²) in [5.74, 6) is -1.40. The maximum Gasteiger partial charge on any atom is 0.335 e. The fourth-order valence-electron chi connectivity index (χ4n) is 3.30. The first-order valence-corrected chi connectivity index (χ1v) is 11.6. The molecule has 4 amide bonds. The third kappa shape index (κ3) is 5.47. The van der Waals surface area contributed by atoms with E-state index in [4.69, 9.17) is 4.74 Å². The van der Waals surface area contributed by atoms with E-state index in [1.165, 1.54) is 24.3 Å². The summed E-state index contributed by atoms with van der Waals surface area (Å²) >= 11 is 6.75. The number of hydrogen-bond acceptors (Lipinski definition) is 6. The fourth-order valence-corrected chi connectivity index (χ4v) is 3.94. The lowest BCUT2D eigenvalue weighted by molar-refractivity contribution is -0.384. The molecule has 1 aliphatic heterocycles. The molecule has 1 N–H and O–H groups in total. The van der Waals surface area contributed by atoms with Crippen molar-refractivity contribution >= 4 is 67.2 Å². The quantitative estimate of drug-likeness (QED) is 0.176. The number of nitrogens with one attached hydrogen (secondary N) is 1. The van der Waals surface area contributed by atoms with Gasteiger partial charge in [-0.1, -0.05) is 50.1 Å². The molecule has 1 fully saturated rings. The number of carbonyl (C=O) groups is 3. The predicted molar refractivity (Wildman–Crippen MR) is 135 cm³/mol. The van der Waals surface area contributed by atoms with E-state index in [1.54, 1.807) is 18.2 Å². The lowest BCUT2D eigenvalue weighted by Gasteiger charge is -2.26. The van der Waals surface area contributed by atoms with E-state index in [-0.39, 0.29) is 23.6 Å². The summed E-state index contributed by atoms with van der Waals surface area (Å²) in [5.41, 5.74) is 0.650. The van der Waals surface area contributed by atoms with Gasteiger partial charge in [0.2, 0.25) is 0 Å². The fraction of sp³-hybridized carbons (Fsp3) is 0.0417. The first-order chi connectivity index (χ1) is 16.7. The van der Waals surface area contributed by atoms with E-state index >= 15 is 0 Å². The number of nitrogens with zero attached hydrogens (tertiary/aromatic N) is 2. The minimum Gasteiger partial charge on any atom is -0.488 e. The number of hydrogen-bond donors (Lipinski definition) is 1. The topological polar surface area (TPSA) is 119 Å². The predicted octanol–water partition coefficient (Wildman–Crippen LogP) is 5.37. The number of halogens is 2. The monoisotopic (exact) mass is 599 g/mol. The summed E-state index contributed by atoms with van der Waals surface area (Å²) in [6.07, 6.45) is 1.32. The Morgan fingerprint density at radius 3 is 2.40 bits per heavy atom. The SMILES string of the molecule is O=C1NC(=O)N(c2cccc([N+](=O)[O-])c2)C(=O)/C1=C/c1cc(Br)ccc1OCc1ccc(Br)cc1. The number of anilines is 1. The average Bonchev–Trinajstić information content (AvgIpc) is 2.82. The molecule has 0 spiro atoms. The standard InChI is InChI=1S/C24H15Br2N3O6/c25-16-6-4-14(5-7-16)13-35-21-9-8-17(26)10-15(21)11-20-22(30)27-24(32)28(23(20)31)18-2-1-3-19(12-18)29(33)34/h1-12H,13H2,(H,27,30,32)/b20-11+. The van der Waals surface area contributed by atoms with E-state index in [9.17, 15) is 24.5 Å². The van der Waals surface area contributed by atoms with Gasteiger partial charge in [0.1, 0.15) is 17.9 Å². The number of urea groups is 1. The van der Waals surface area contributed by atoms with Crippen LogP contribution in [-0.2, 0) is 16.2 Å². The van der Waals surface area contributed by atoms with Crippen molar-refractivity contribution in [2.24, 2.45) is 0 Å². The van der Waals surface area contributed by atoms with Gasteiger partial charge >= 0.3 is 6.03 Å². The Kier molecular flexibility index (Phi) is 7.08. The smallest absolute Gasteiger partial charge is 0.335 e. The molecule has 3 aromatic rings. The number of rotatable bonds is 6. The highest BCUT2D eigenvalue weighted by molar-refractivity contribution is 9.10. The Morgan fingerprint density at radius 1 is 0.971 bits per heavy atom. The molecule has 1 aliphatic rings. The van der Waals surface area contributed by atoms with Crippen molar-refractivity contribution in [3.63, 3.8) is 0 Å². The number of ether oxygens (including phenoxy) is 1. The van der Waals surface area contributed by atoms with Gasteiger partial charge in [-0.15, -0.1) is 0 Å². The highest BCUT2D eigenvalue weighted by Gasteiger charge is 2.37. The Labute approximate surface area is 215 Å². The second-order valence-electron chi connectivity index (χ2n) is 7.33. The minimum atomic E-state index is -1.00. The molecule has 0 radical (unpaired) electrons. The van der Waals surface area contributed by atoms with Crippen LogP contribution in [0.3, 0.4) is 0 Å². The number of nitro groups is 1. The molecule has 0 saturated carbocycles. The molecule has 9 nitrogen and oxygen atoms in total. The van der Waals surface area contributed by atoms with Crippen molar-refractivity contribution in [1.29, 1.82) is 0 Å². The van der Waals surface area contributed by atoms with Gasteiger partial charge in [-0.2, -0.15) is 0 Å². The molecule has 35 heavy (non-hydrogen) atoms. The van der Waals surface area contributed by atoms with Crippen LogP contribution in [0, 0.1) is 10.1 Å². The molecule has 0 unspecified atom stereocenters. The van der Waals surface area contributed by atoms with Crippen LogP contribution in [0.2, 0.25) is 0 Å². The van der Waals surface area contributed by atoms with Crippen molar-refractivity contribution in [2.75, 3.05) is 4.90 Å². The highest BCUT2D eigenvalue weighted by atomic mass is 79.9. The minimum absolute atomic E-state index is 0.0407. The van der Waals surface area contributed by atoms with Gasteiger partial charge in [0.15, 0.2) is 0 Å². The Hall–Kier alpha value is -3.83. The molecule has 0 aliphatic carbocycles. The molecular formula is C24H15Br2N3O6. The number of nitro benzene ring substituents is 1. The summed E-state index contributed by atoms with van der Waals surface area (Å²) < 4.78 is 7.53. The van der Waals surface area contributed by atoms with Crippen LogP contribution in [0.5, 0.6) is 5.75 Å². The third-order valence-corrected chi connectivity index (χ3v) is 6.00. The highest BCUT2D eigenvalue weighted by Crippen LogP contribution is 2.29. The number of benzene rings is 3. The number of carbonyl (C=O) groups excluding carboxylic acids is 3. The molecular weight excluding hydrogens is 586 g/mol. The Balaban J connectivity index is 1.68. The average molecular weight is 601 g/mol. The zero-order chi connectivity index (χ0) is 25.1. The number of barbiturate groups is 1. The third-order valence-electron chi connectivity index (χ3n) is 4.98. The molecule has 1 saturated heterocycles. The zero-order valence-corrected chi connectivity index (χ0v) is 20.9.